The molecule has 3 aromatic rings. The first-order chi connectivity index (χ1) is 12.1. The lowest BCUT2D eigenvalue weighted by atomic mass is 10.2. The number of phenolic OH excluding ortho intramolecular Hbond substituents is 1. The van der Waals surface area contributed by atoms with Crippen LogP contribution >= 0.6 is 0 Å². The molecule has 2 N–H and O–H groups in total. The van der Waals surface area contributed by atoms with Gasteiger partial charge in [-0.2, -0.15) is 0 Å². The van der Waals surface area contributed by atoms with E-state index in [1.165, 1.54) is 0 Å². The van der Waals surface area contributed by atoms with E-state index in [0.29, 0.717) is 12.3 Å². The first-order valence-electron chi connectivity index (χ1n) is 8.03. The number of rotatable bonds is 6. The number of nitrogens with zero attached hydrogens (tertiary/aromatic N) is 2. The van der Waals surface area contributed by atoms with Gasteiger partial charge in [0.05, 0.1) is 18.4 Å². The van der Waals surface area contributed by atoms with Gasteiger partial charge >= 0.3 is 0 Å². The lowest BCUT2D eigenvalue weighted by Gasteiger charge is -2.14. The zero-order valence-corrected chi connectivity index (χ0v) is 14.3. The van der Waals surface area contributed by atoms with E-state index in [2.05, 4.69) is 10.3 Å². The molecule has 0 spiro atoms. The molecule has 5 heteroatoms. The smallest absolute Gasteiger partial charge is 0.145 e. The van der Waals surface area contributed by atoms with Crippen molar-refractivity contribution < 1.29 is 9.84 Å². The summed E-state index contributed by atoms with van der Waals surface area (Å²) in [6.45, 7) is 0.569. The van der Waals surface area contributed by atoms with Crippen molar-refractivity contribution in [3.8, 4) is 17.2 Å². The molecule has 0 amide bonds. The summed E-state index contributed by atoms with van der Waals surface area (Å²) in [7, 11) is 3.99. The minimum Gasteiger partial charge on any atom is -0.508 e. The number of aromatic hydroxyl groups is 1. The van der Waals surface area contributed by atoms with Crippen LogP contribution in [0.25, 0.3) is 0 Å². The predicted molar refractivity (Wildman–Crippen MR) is 101 cm³/mol. The van der Waals surface area contributed by atoms with Crippen molar-refractivity contribution >= 4 is 11.4 Å². The van der Waals surface area contributed by atoms with Gasteiger partial charge in [-0.1, -0.05) is 12.1 Å². The fraction of sp³-hybridized carbons (Fsp3) is 0.150. The molecule has 0 aliphatic carbocycles. The highest BCUT2D eigenvalue weighted by molar-refractivity contribution is 5.50. The van der Waals surface area contributed by atoms with Gasteiger partial charge in [-0.3, -0.25) is 4.98 Å². The van der Waals surface area contributed by atoms with Crippen LogP contribution in [0, 0.1) is 0 Å². The lowest BCUT2D eigenvalue weighted by molar-refractivity contribution is 0.475. The minimum atomic E-state index is 0.238. The number of nitrogens with one attached hydrogen (secondary N) is 1. The fourth-order valence-corrected chi connectivity index (χ4v) is 2.35. The largest absolute Gasteiger partial charge is 0.508 e. The van der Waals surface area contributed by atoms with E-state index >= 15 is 0 Å². The van der Waals surface area contributed by atoms with Crippen LogP contribution in [0.3, 0.4) is 0 Å². The average molecular weight is 335 g/mol. The Hall–Kier alpha value is -3.21. The molecule has 5 nitrogen and oxygen atoms in total. The third kappa shape index (κ3) is 4.64. The molecule has 3 rings (SSSR count). The molecule has 25 heavy (non-hydrogen) atoms. The van der Waals surface area contributed by atoms with Crippen molar-refractivity contribution in [2.45, 2.75) is 6.54 Å². The maximum Gasteiger partial charge on any atom is 0.145 e. The van der Waals surface area contributed by atoms with E-state index in [1.54, 1.807) is 24.4 Å². The molecule has 0 atom stereocenters. The summed E-state index contributed by atoms with van der Waals surface area (Å²) >= 11 is 0. The van der Waals surface area contributed by atoms with Gasteiger partial charge in [0, 0.05) is 37.6 Å². The SMILES string of the molecule is CN(C)c1cccc(Oc2ccc(CNc3cccc(O)c3)nc2)c1. The molecule has 0 aliphatic heterocycles. The van der Waals surface area contributed by atoms with Gasteiger partial charge in [0.2, 0.25) is 0 Å². The number of hydrogen-bond acceptors (Lipinski definition) is 5. The second-order valence-corrected chi connectivity index (χ2v) is 5.88. The van der Waals surface area contributed by atoms with Gasteiger partial charge in [-0.25, -0.2) is 0 Å². The van der Waals surface area contributed by atoms with Crippen molar-refractivity contribution in [3.05, 3.63) is 72.6 Å². The second kappa shape index (κ2) is 7.57. The van der Waals surface area contributed by atoms with Crippen molar-refractivity contribution in [1.29, 1.82) is 0 Å². The van der Waals surface area contributed by atoms with Gasteiger partial charge in [0.1, 0.15) is 17.2 Å². The van der Waals surface area contributed by atoms with Crippen molar-refractivity contribution in [2.24, 2.45) is 0 Å². The van der Waals surface area contributed by atoms with Crippen LogP contribution in [0.15, 0.2) is 66.9 Å². The van der Waals surface area contributed by atoms with Crippen molar-refractivity contribution in [1.82, 2.24) is 4.98 Å². The molecule has 2 aromatic carbocycles. The van der Waals surface area contributed by atoms with Gasteiger partial charge in [0.15, 0.2) is 0 Å². The van der Waals surface area contributed by atoms with Gasteiger partial charge < -0.3 is 20.1 Å². The molecule has 0 saturated carbocycles. The van der Waals surface area contributed by atoms with Crippen LogP contribution in [-0.4, -0.2) is 24.2 Å². The van der Waals surface area contributed by atoms with Crippen LogP contribution in [0.2, 0.25) is 0 Å². The van der Waals surface area contributed by atoms with E-state index < -0.39 is 0 Å². The van der Waals surface area contributed by atoms with E-state index in [-0.39, 0.29) is 5.75 Å². The summed E-state index contributed by atoms with van der Waals surface area (Å²) in [5, 5.41) is 12.7. The first-order valence-corrected chi connectivity index (χ1v) is 8.03. The van der Waals surface area contributed by atoms with Crippen LogP contribution < -0.4 is 15.0 Å². The number of aromatic nitrogens is 1. The maximum atomic E-state index is 9.47. The molecule has 0 fully saturated rings. The standard InChI is InChI=1S/C20H21N3O2/c1-23(2)17-6-4-8-19(12-17)25-20-10-9-16(22-14-20)13-21-15-5-3-7-18(24)11-15/h3-12,14,21,24H,13H2,1-2H3. The van der Waals surface area contributed by atoms with Crippen LogP contribution in [0.4, 0.5) is 11.4 Å². The first kappa shape index (κ1) is 16.6. The number of hydrogen-bond donors (Lipinski definition) is 2. The predicted octanol–water partition coefficient (Wildman–Crippen LogP) is 4.26. The molecule has 1 aromatic heterocycles. The Kier molecular flexibility index (Phi) is 5.04. The quantitative estimate of drug-likeness (QED) is 0.705. The Labute approximate surface area is 147 Å². The molecule has 0 unspecified atom stereocenters. The van der Waals surface area contributed by atoms with Gasteiger partial charge in [-0.05, 0) is 36.4 Å². The Bertz CT molecular complexity index is 832. The van der Waals surface area contributed by atoms with E-state index in [9.17, 15) is 5.11 Å². The summed E-state index contributed by atoms with van der Waals surface area (Å²) in [6.07, 6.45) is 1.71. The molecule has 0 radical (unpaired) electrons. The van der Waals surface area contributed by atoms with Gasteiger partial charge in [0.25, 0.3) is 0 Å². The fourth-order valence-electron chi connectivity index (χ4n) is 2.35. The molecule has 0 saturated heterocycles. The molecule has 0 bridgehead atoms. The number of ether oxygens (including phenoxy) is 1. The zero-order valence-electron chi connectivity index (χ0n) is 14.3. The Balaban J connectivity index is 1.61. The summed E-state index contributed by atoms with van der Waals surface area (Å²) in [5.41, 5.74) is 2.82. The molecular weight excluding hydrogens is 314 g/mol. The third-order valence-electron chi connectivity index (χ3n) is 3.69. The monoisotopic (exact) mass is 335 g/mol. The van der Waals surface area contributed by atoms with Crippen molar-refractivity contribution in [2.75, 3.05) is 24.3 Å². The highest BCUT2D eigenvalue weighted by atomic mass is 16.5. The normalized spacial score (nSPS) is 10.3. The minimum absolute atomic E-state index is 0.238. The number of pyridine rings is 1. The number of anilines is 2. The number of benzene rings is 2. The van der Waals surface area contributed by atoms with Crippen LogP contribution in [-0.2, 0) is 6.54 Å². The molecular formula is C20H21N3O2. The highest BCUT2D eigenvalue weighted by Crippen LogP contribution is 2.25. The van der Waals surface area contributed by atoms with Crippen LogP contribution in [0.1, 0.15) is 5.69 Å². The average Bonchev–Trinajstić information content (AvgIpc) is 2.61. The van der Waals surface area contributed by atoms with E-state index in [4.69, 9.17) is 4.74 Å². The molecule has 128 valence electrons. The van der Waals surface area contributed by atoms with Gasteiger partial charge in [-0.15, -0.1) is 0 Å². The summed E-state index contributed by atoms with van der Waals surface area (Å²) in [5.74, 6) is 1.71. The Morgan fingerprint density at radius 3 is 2.56 bits per heavy atom. The topological polar surface area (TPSA) is 57.6 Å². The summed E-state index contributed by atoms with van der Waals surface area (Å²) < 4.78 is 5.86. The Morgan fingerprint density at radius 1 is 1.00 bits per heavy atom. The van der Waals surface area contributed by atoms with Crippen LogP contribution in [0.5, 0.6) is 17.2 Å². The Morgan fingerprint density at radius 2 is 1.84 bits per heavy atom. The summed E-state index contributed by atoms with van der Waals surface area (Å²) in [6, 6.07) is 18.7. The maximum absolute atomic E-state index is 9.47. The van der Waals surface area contributed by atoms with Crippen molar-refractivity contribution in [3.63, 3.8) is 0 Å². The van der Waals surface area contributed by atoms with E-state index in [1.807, 2.05) is 61.5 Å². The molecule has 1 heterocycles. The highest BCUT2D eigenvalue weighted by Gasteiger charge is 2.02. The second-order valence-electron chi connectivity index (χ2n) is 5.88. The summed E-state index contributed by atoms with van der Waals surface area (Å²) in [4.78, 5) is 6.44. The third-order valence-corrected chi connectivity index (χ3v) is 3.69. The number of phenols is 1. The zero-order chi connectivity index (χ0) is 17.6. The van der Waals surface area contributed by atoms with E-state index in [0.717, 1.165) is 22.8 Å². The lowest BCUT2D eigenvalue weighted by Crippen LogP contribution is -2.08. The molecule has 0 aliphatic rings.